The van der Waals surface area contributed by atoms with E-state index in [2.05, 4.69) is 5.32 Å². The lowest BCUT2D eigenvalue weighted by atomic mass is 9.95. The van der Waals surface area contributed by atoms with Crippen LogP contribution in [0.25, 0.3) is 0 Å². The molecular formula is C22H19F3N2O2. The number of aryl methyl sites for hydroxylation is 2. The van der Waals surface area contributed by atoms with Gasteiger partial charge < -0.3 is 10.3 Å². The van der Waals surface area contributed by atoms with Crippen LogP contribution >= 0.6 is 0 Å². The molecule has 3 rings (SSSR count). The quantitative estimate of drug-likeness (QED) is 0.676. The second-order valence-electron chi connectivity index (χ2n) is 6.77. The molecule has 0 aliphatic rings. The molecule has 1 unspecified atom stereocenters. The van der Waals surface area contributed by atoms with Gasteiger partial charge in [-0.3, -0.25) is 9.59 Å². The summed E-state index contributed by atoms with van der Waals surface area (Å²) >= 11 is 0. The van der Waals surface area contributed by atoms with E-state index >= 15 is 0 Å². The molecule has 0 saturated carbocycles. The molecule has 29 heavy (non-hydrogen) atoms. The Morgan fingerprint density at radius 3 is 2.21 bits per heavy atom. The number of carbonyl (C=O) groups is 1. The number of amides is 1. The normalized spacial score (nSPS) is 12.4. The predicted molar refractivity (Wildman–Crippen MR) is 104 cm³/mol. The summed E-state index contributed by atoms with van der Waals surface area (Å²) in [6.45, 7) is 3.92. The minimum absolute atomic E-state index is 0.386. The molecule has 0 aliphatic carbocycles. The van der Waals surface area contributed by atoms with Gasteiger partial charge >= 0.3 is 6.18 Å². The van der Waals surface area contributed by atoms with Crippen molar-refractivity contribution in [2.75, 3.05) is 0 Å². The van der Waals surface area contributed by atoms with E-state index < -0.39 is 29.4 Å². The highest BCUT2D eigenvalue weighted by Crippen LogP contribution is 2.27. The fourth-order valence-corrected chi connectivity index (χ4v) is 2.98. The minimum Gasteiger partial charge on any atom is -0.341 e. The maximum Gasteiger partial charge on any atom is 0.431 e. The summed E-state index contributed by atoms with van der Waals surface area (Å²) in [6.07, 6.45) is -4.69. The van der Waals surface area contributed by atoms with Gasteiger partial charge in [-0.1, -0.05) is 48.5 Å². The molecule has 1 heterocycles. The number of carbonyl (C=O) groups excluding carboxylic acids is 1. The molecule has 4 nitrogen and oxygen atoms in total. The number of H-pyrrole nitrogens is 1. The van der Waals surface area contributed by atoms with Gasteiger partial charge in [-0.25, -0.2) is 0 Å². The molecule has 3 aromatic rings. The summed E-state index contributed by atoms with van der Waals surface area (Å²) in [6, 6.07) is 15.9. The molecular weight excluding hydrogens is 381 g/mol. The average Bonchev–Trinajstić information content (AvgIpc) is 2.68. The Labute approximate surface area is 165 Å². The molecule has 1 aromatic heterocycles. The van der Waals surface area contributed by atoms with E-state index in [0.717, 1.165) is 28.3 Å². The van der Waals surface area contributed by atoms with Crippen molar-refractivity contribution in [2.45, 2.75) is 26.1 Å². The van der Waals surface area contributed by atoms with Gasteiger partial charge in [0, 0.05) is 0 Å². The van der Waals surface area contributed by atoms with Crippen molar-refractivity contribution < 1.29 is 18.0 Å². The fraction of sp³-hybridized carbons (Fsp3) is 0.182. The van der Waals surface area contributed by atoms with Crippen molar-refractivity contribution in [1.82, 2.24) is 10.3 Å². The third-order valence-electron chi connectivity index (χ3n) is 4.73. The lowest BCUT2D eigenvalue weighted by Crippen LogP contribution is -2.34. The SMILES string of the molecule is Cc1ccc(C(NC(=O)c2ccc(C(F)(F)F)[nH]c2=O)c2ccccc2)cc1C. The van der Waals surface area contributed by atoms with Crippen LogP contribution in [-0.4, -0.2) is 10.9 Å². The summed E-state index contributed by atoms with van der Waals surface area (Å²) in [5.74, 6) is -0.757. The number of alkyl halides is 3. The number of aromatic amines is 1. The van der Waals surface area contributed by atoms with Gasteiger partial charge in [0.25, 0.3) is 11.5 Å². The number of benzene rings is 2. The molecule has 7 heteroatoms. The zero-order chi connectivity index (χ0) is 21.2. The van der Waals surface area contributed by atoms with Crippen LogP contribution in [0.2, 0.25) is 0 Å². The van der Waals surface area contributed by atoms with Crippen LogP contribution in [0.4, 0.5) is 13.2 Å². The number of pyridine rings is 1. The van der Waals surface area contributed by atoms with Crippen LogP contribution in [0.1, 0.15) is 44.3 Å². The summed E-state index contributed by atoms with van der Waals surface area (Å²) in [5.41, 5.74) is 1.03. The highest BCUT2D eigenvalue weighted by Gasteiger charge is 2.32. The highest BCUT2D eigenvalue weighted by atomic mass is 19.4. The molecule has 2 aromatic carbocycles. The van der Waals surface area contributed by atoms with Crippen LogP contribution < -0.4 is 10.9 Å². The van der Waals surface area contributed by atoms with Gasteiger partial charge in [0.1, 0.15) is 11.3 Å². The molecule has 2 N–H and O–H groups in total. The van der Waals surface area contributed by atoms with Gasteiger partial charge in [0.05, 0.1) is 6.04 Å². The lowest BCUT2D eigenvalue weighted by molar-refractivity contribution is -0.141. The zero-order valence-corrected chi connectivity index (χ0v) is 15.8. The molecule has 0 aliphatic heterocycles. The van der Waals surface area contributed by atoms with Crippen molar-refractivity contribution in [1.29, 1.82) is 0 Å². The van der Waals surface area contributed by atoms with Crippen molar-refractivity contribution in [2.24, 2.45) is 0 Å². The average molecular weight is 400 g/mol. The number of hydrogen-bond donors (Lipinski definition) is 2. The third kappa shape index (κ3) is 4.56. The first-order chi connectivity index (χ1) is 13.7. The van der Waals surface area contributed by atoms with E-state index in [9.17, 15) is 22.8 Å². The first-order valence-electron chi connectivity index (χ1n) is 8.90. The monoisotopic (exact) mass is 400 g/mol. The molecule has 0 saturated heterocycles. The van der Waals surface area contributed by atoms with E-state index in [1.54, 1.807) is 4.98 Å². The Morgan fingerprint density at radius 1 is 0.931 bits per heavy atom. The van der Waals surface area contributed by atoms with Crippen LogP contribution in [0.15, 0.2) is 65.5 Å². The smallest absolute Gasteiger partial charge is 0.341 e. The largest absolute Gasteiger partial charge is 0.431 e. The number of halogens is 3. The first-order valence-corrected chi connectivity index (χ1v) is 8.90. The maximum atomic E-state index is 12.8. The van der Waals surface area contributed by atoms with Gasteiger partial charge in [-0.05, 0) is 48.2 Å². The number of nitrogens with one attached hydrogen (secondary N) is 2. The summed E-state index contributed by atoms with van der Waals surface area (Å²) < 4.78 is 38.3. The number of rotatable bonds is 4. The van der Waals surface area contributed by atoms with Crippen molar-refractivity contribution in [3.63, 3.8) is 0 Å². The van der Waals surface area contributed by atoms with E-state index in [0.29, 0.717) is 6.07 Å². The molecule has 0 spiro atoms. The van der Waals surface area contributed by atoms with Crippen LogP contribution in [0, 0.1) is 13.8 Å². The Bertz CT molecular complexity index is 1090. The van der Waals surface area contributed by atoms with Crippen LogP contribution in [0.5, 0.6) is 0 Å². The highest BCUT2D eigenvalue weighted by molar-refractivity contribution is 5.94. The zero-order valence-electron chi connectivity index (χ0n) is 15.8. The standard InChI is InChI=1S/C22H19F3N2O2/c1-13-8-9-16(12-14(13)2)19(15-6-4-3-5-7-15)27-21(29)17-10-11-18(22(23,24)25)26-20(17)28/h3-12,19H,1-2H3,(H,26,28)(H,27,29). The van der Waals surface area contributed by atoms with Crippen LogP contribution in [0.3, 0.4) is 0 Å². The van der Waals surface area contributed by atoms with E-state index in [-0.39, 0.29) is 5.56 Å². The number of aromatic nitrogens is 1. The number of hydrogen-bond acceptors (Lipinski definition) is 2. The Balaban J connectivity index is 1.97. The molecule has 0 radical (unpaired) electrons. The lowest BCUT2D eigenvalue weighted by Gasteiger charge is -2.21. The second kappa shape index (κ2) is 7.95. The summed E-state index contributed by atoms with van der Waals surface area (Å²) in [7, 11) is 0. The maximum absolute atomic E-state index is 12.8. The van der Waals surface area contributed by atoms with Gasteiger partial charge in [-0.2, -0.15) is 13.2 Å². The first kappa shape index (κ1) is 20.4. The van der Waals surface area contributed by atoms with E-state index in [1.165, 1.54) is 0 Å². The van der Waals surface area contributed by atoms with Gasteiger partial charge in [-0.15, -0.1) is 0 Å². The van der Waals surface area contributed by atoms with Crippen molar-refractivity contribution in [3.8, 4) is 0 Å². The van der Waals surface area contributed by atoms with Gasteiger partial charge in [0.2, 0.25) is 0 Å². The molecule has 0 bridgehead atoms. The summed E-state index contributed by atoms with van der Waals surface area (Å²) in [5, 5.41) is 2.77. The van der Waals surface area contributed by atoms with Crippen molar-refractivity contribution >= 4 is 5.91 Å². The molecule has 1 atom stereocenters. The molecule has 0 fully saturated rings. The molecule has 150 valence electrons. The summed E-state index contributed by atoms with van der Waals surface area (Å²) in [4.78, 5) is 26.5. The Hall–Kier alpha value is -3.35. The second-order valence-corrected chi connectivity index (χ2v) is 6.77. The van der Waals surface area contributed by atoms with E-state index in [4.69, 9.17) is 0 Å². The Morgan fingerprint density at radius 2 is 1.62 bits per heavy atom. The third-order valence-corrected chi connectivity index (χ3v) is 4.73. The minimum atomic E-state index is -4.69. The van der Waals surface area contributed by atoms with E-state index in [1.807, 2.05) is 62.4 Å². The fourth-order valence-electron chi connectivity index (χ4n) is 2.98. The van der Waals surface area contributed by atoms with Gasteiger partial charge in [0.15, 0.2) is 0 Å². The van der Waals surface area contributed by atoms with Crippen molar-refractivity contribution in [3.05, 3.63) is 105 Å². The predicted octanol–water partition coefficient (Wildman–Crippen LogP) is 4.53. The molecule has 1 amide bonds. The topological polar surface area (TPSA) is 62.0 Å². The Kier molecular flexibility index (Phi) is 5.59. The van der Waals surface area contributed by atoms with Crippen LogP contribution in [-0.2, 0) is 6.18 Å².